The van der Waals surface area contributed by atoms with Gasteiger partial charge in [-0.15, -0.1) is 0 Å². The molecule has 2 aliphatic rings. The smallest absolute Gasteiger partial charge is 0.238 e. The number of benzene rings is 15. The minimum absolute atomic E-state index is 0.414. The molecule has 21 aromatic rings. The van der Waals surface area contributed by atoms with E-state index in [9.17, 15) is 5.26 Å². The summed E-state index contributed by atoms with van der Waals surface area (Å²) in [6.07, 6.45) is 0. The number of hydrogen-bond acceptors (Lipinski definition) is 6. The third-order valence-electron chi connectivity index (χ3n) is 24.3. The molecule has 0 bridgehead atoms. The molecule has 0 saturated heterocycles. The van der Waals surface area contributed by atoms with E-state index in [0.717, 1.165) is 139 Å². The van der Waals surface area contributed by atoms with Gasteiger partial charge in [0.25, 0.3) is 0 Å². The Balaban J connectivity index is 0.796. The molecule has 0 fully saturated rings. The Labute approximate surface area is 656 Å². The highest BCUT2D eigenvalue weighted by atomic mass is 15.2. The summed E-state index contributed by atoms with van der Waals surface area (Å²) in [5.74, 6) is 2.23. The molecule has 10 heteroatoms. The average Bonchev–Trinajstić information content (AvgIpc) is 1.51. The molecule has 0 aliphatic heterocycles. The maximum atomic E-state index is 9.92. The molecule has 2 aliphatic carbocycles. The van der Waals surface area contributed by atoms with Crippen molar-refractivity contribution in [1.29, 1.82) is 5.26 Å². The summed E-state index contributed by atoms with van der Waals surface area (Å²) >= 11 is 0. The van der Waals surface area contributed by atoms with Gasteiger partial charge in [-0.3, -0.25) is 4.57 Å². The summed E-state index contributed by atoms with van der Waals surface area (Å²) in [6.45, 7) is 9.66. The van der Waals surface area contributed by atoms with Crippen LogP contribution in [0.15, 0.2) is 340 Å². The van der Waals surface area contributed by atoms with Crippen LogP contribution in [-0.4, -0.2) is 43.2 Å². The summed E-state index contributed by atoms with van der Waals surface area (Å²) in [7, 11) is 0. The molecule has 0 atom stereocenters. The molecule has 534 valence electrons. The summed E-state index contributed by atoms with van der Waals surface area (Å²) < 4.78 is 10.00. The van der Waals surface area contributed by atoms with Crippen LogP contribution in [0, 0.1) is 11.3 Å². The fourth-order valence-corrected chi connectivity index (χ4v) is 19.4. The lowest BCUT2D eigenvalue weighted by molar-refractivity contribution is 0.664. The quantitative estimate of drug-likeness (QED) is 0.135. The Bertz CT molecular complexity index is 7650. The van der Waals surface area contributed by atoms with Gasteiger partial charge in [0.15, 0.2) is 17.5 Å². The number of nitrogens with zero attached hydrogens (tertiary/aromatic N) is 10. The number of rotatable bonds is 10. The van der Waals surface area contributed by atoms with Crippen LogP contribution in [0.2, 0.25) is 0 Å². The summed E-state index contributed by atoms with van der Waals surface area (Å²) in [4.78, 5) is 26.8. The first kappa shape index (κ1) is 65.0. The lowest BCUT2D eigenvalue weighted by Gasteiger charge is -2.24. The zero-order chi connectivity index (χ0) is 75.8. The zero-order valence-corrected chi connectivity index (χ0v) is 62.8. The highest BCUT2D eigenvalue weighted by Gasteiger charge is 2.44. The second-order valence-corrected chi connectivity index (χ2v) is 31.3. The largest absolute Gasteiger partial charge is 0.309 e. The van der Waals surface area contributed by atoms with Crippen molar-refractivity contribution >= 4 is 87.2 Å². The lowest BCUT2D eigenvalue weighted by Crippen LogP contribution is -2.17. The van der Waals surface area contributed by atoms with E-state index in [-0.39, 0.29) is 0 Å². The average molecular weight is 1460 g/mol. The minimum atomic E-state index is -0.500. The van der Waals surface area contributed by atoms with Crippen molar-refractivity contribution in [3.05, 3.63) is 368 Å². The van der Waals surface area contributed by atoms with Crippen LogP contribution in [0.5, 0.6) is 0 Å². The summed E-state index contributed by atoms with van der Waals surface area (Å²) in [5.41, 5.74) is 30.1. The molecule has 15 aromatic carbocycles. The van der Waals surface area contributed by atoms with Crippen LogP contribution in [0.25, 0.3) is 200 Å². The van der Waals surface area contributed by atoms with Gasteiger partial charge in [-0.25, -0.2) is 15.0 Å². The monoisotopic (exact) mass is 1460 g/mol. The normalized spacial score (nSPS) is 13.2. The van der Waals surface area contributed by atoms with Gasteiger partial charge in [0, 0.05) is 110 Å². The molecule has 23 rings (SSSR count). The topological polar surface area (TPSA) is 108 Å². The number of aromatic nitrogens is 9. The number of fused-ring (bicyclic) bond motifs is 24. The highest BCUT2D eigenvalue weighted by Crippen LogP contribution is 2.61. The van der Waals surface area contributed by atoms with Crippen molar-refractivity contribution in [2.45, 2.75) is 38.5 Å². The van der Waals surface area contributed by atoms with E-state index in [4.69, 9.17) is 24.9 Å². The van der Waals surface area contributed by atoms with Crippen LogP contribution in [0.4, 0.5) is 0 Å². The van der Waals surface area contributed by atoms with Gasteiger partial charge in [-0.1, -0.05) is 270 Å². The first-order valence-electron chi connectivity index (χ1n) is 39.0. The summed E-state index contributed by atoms with van der Waals surface area (Å²) in [6, 6.07) is 124. The van der Waals surface area contributed by atoms with Gasteiger partial charge >= 0.3 is 0 Å². The van der Waals surface area contributed by atoms with E-state index >= 15 is 0 Å². The predicted molar refractivity (Wildman–Crippen MR) is 465 cm³/mol. The molecule has 6 aromatic heterocycles. The molecule has 0 radical (unpaired) electrons. The van der Waals surface area contributed by atoms with Gasteiger partial charge in [0.2, 0.25) is 5.95 Å². The van der Waals surface area contributed by atoms with Crippen molar-refractivity contribution in [3.63, 3.8) is 0 Å². The van der Waals surface area contributed by atoms with Crippen LogP contribution >= 0.6 is 0 Å². The van der Waals surface area contributed by atoms with Crippen molar-refractivity contribution in [2.75, 3.05) is 0 Å². The Morgan fingerprint density at radius 2 is 0.640 bits per heavy atom. The van der Waals surface area contributed by atoms with Crippen molar-refractivity contribution in [2.24, 2.45) is 0 Å². The van der Waals surface area contributed by atoms with Crippen LogP contribution in [-0.2, 0) is 10.8 Å². The number of nitriles is 1. The fraction of sp³-hybridized carbons (Fsp3) is 0.0577. The minimum Gasteiger partial charge on any atom is -0.309 e. The van der Waals surface area contributed by atoms with Gasteiger partial charge < -0.3 is 13.7 Å². The van der Waals surface area contributed by atoms with E-state index in [1.54, 1.807) is 0 Å². The zero-order valence-electron chi connectivity index (χ0n) is 62.8. The Kier molecular flexibility index (Phi) is 14.0. The predicted octanol–water partition coefficient (Wildman–Crippen LogP) is 25.5. The number of hydrogen-bond donors (Lipinski definition) is 0. The molecule has 0 N–H and O–H groups in total. The third-order valence-corrected chi connectivity index (χ3v) is 24.3. The van der Waals surface area contributed by atoms with Gasteiger partial charge in [0.1, 0.15) is 0 Å². The van der Waals surface area contributed by atoms with E-state index < -0.39 is 10.8 Å². The Hall–Kier alpha value is -14.9. The molecule has 10 nitrogen and oxygen atoms in total. The number of para-hydroxylation sites is 4. The highest BCUT2D eigenvalue weighted by molar-refractivity contribution is 6.35. The molecule has 0 saturated carbocycles. The first-order valence-corrected chi connectivity index (χ1v) is 39.0. The second kappa shape index (κ2) is 24.5. The first-order chi connectivity index (χ1) is 56.0. The maximum Gasteiger partial charge on any atom is 0.238 e. The Morgan fingerprint density at radius 3 is 1.19 bits per heavy atom. The molecule has 6 heterocycles. The second-order valence-electron chi connectivity index (χ2n) is 31.3. The maximum absolute atomic E-state index is 9.92. The molecule has 0 amide bonds. The molecular weight excluding hydrogens is 1390 g/mol. The Morgan fingerprint density at radius 1 is 0.272 bits per heavy atom. The molecule has 0 unspecified atom stereocenters. The van der Waals surface area contributed by atoms with Crippen LogP contribution < -0.4 is 0 Å². The molecule has 114 heavy (non-hydrogen) atoms. The van der Waals surface area contributed by atoms with Crippen LogP contribution in [0.3, 0.4) is 0 Å². The SMILES string of the molecule is CC1(C)c2ccccc2-c2c1c1c(c3ccccc3n1-c1ccccc1)c1c3cc(-c4cccc(-n5c6ccccc6c6c7c8ccccc8n(-c8nc(-c9ccccc9)nc(-c9ccc(C#N)cc9)n8)c7c7c(c65)C(C)(C)c5ccccc5-7)c4)ccc3n(-c3cccc(-c4cc(-c5ccccc5)nc(-c5ccccc5)n4)c3)c21. The fourth-order valence-electron chi connectivity index (χ4n) is 19.4. The van der Waals surface area contributed by atoms with E-state index in [1.165, 1.54) is 60.6 Å². The lowest BCUT2D eigenvalue weighted by atomic mass is 9.81. The summed E-state index contributed by atoms with van der Waals surface area (Å²) in [5, 5.41) is 19.2. The standard InChI is InChI=1S/C104H68N10/c1-103(2)79-46-22-17-41-73(79)91-93(103)97-89(75-43-19-24-48-83(75)111(97)70-37-15-8-16-38-70)90-78-59-68(55-56-86(78)112(95(90)91)72-40-28-36-69(58-72)82-60-81(63-29-9-5-10-30-63)106-99(107-82)64-31-11-6-12-32-64)67-35-27-39-71(57-67)113-84-49-25-20-44-76(84)88-87-77-45-21-26-50-85(77)114(96(87)92-74-42-18-23-47-80(74)104(3,4)94(92)98(88)113)102-109-100(65-33-13-7-14-34-65)108-101(110-102)66-53-51-62(61-105)52-54-66/h5-60H,1-4H3. The molecular formula is C104H68N10. The molecule has 0 spiro atoms. The van der Waals surface area contributed by atoms with Crippen LogP contribution in [0.1, 0.15) is 55.5 Å². The van der Waals surface area contributed by atoms with Gasteiger partial charge in [-0.2, -0.15) is 15.2 Å². The van der Waals surface area contributed by atoms with Gasteiger partial charge in [-0.05, 0) is 142 Å². The third kappa shape index (κ3) is 9.38. The van der Waals surface area contributed by atoms with E-state index in [1.807, 2.05) is 48.5 Å². The van der Waals surface area contributed by atoms with Crippen molar-refractivity contribution < 1.29 is 0 Å². The van der Waals surface area contributed by atoms with Gasteiger partial charge in [0.05, 0.1) is 67.2 Å². The van der Waals surface area contributed by atoms with Crippen molar-refractivity contribution in [3.8, 4) is 119 Å². The van der Waals surface area contributed by atoms with Crippen molar-refractivity contribution in [1.82, 2.24) is 43.2 Å². The van der Waals surface area contributed by atoms with E-state index in [2.05, 4.69) is 343 Å². The van der Waals surface area contributed by atoms with E-state index in [0.29, 0.717) is 29.0 Å².